The summed E-state index contributed by atoms with van der Waals surface area (Å²) in [7, 11) is 1.63. The van der Waals surface area contributed by atoms with E-state index in [0.29, 0.717) is 18.0 Å². The summed E-state index contributed by atoms with van der Waals surface area (Å²) in [5.41, 5.74) is 6.50. The van der Waals surface area contributed by atoms with Gasteiger partial charge in [0.1, 0.15) is 0 Å². The van der Waals surface area contributed by atoms with Crippen molar-refractivity contribution in [2.75, 3.05) is 24.8 Å². The van der Waals surface area contributed by atoms with Gasteiger partial charge in [0.05, 0.1) is 29.6 Å². The Bertz CT molecular complexity index is 434. The van der Waals surface area contributed by atoms with Crippen LogP contribution in [0.3, 0.4) is 0 Å². The Labute approximate surface area is 114 Å². The van der Waals surface area contributed by atoms with E-state index in [1.807, 2.05) is 27.7 Å². The summed E-state index contributed by atoms with van der Waals surface area (Å²) in [5, 5.41) is 3.23. The second-order valence-corrected chi connectivity index (χ2v) is 5.48. The quantitative estimate of drug-likeness (QED) is 0.780. The molecule has 0 unspecified atom stereocenters. The topological polar surface area (TPSA) is 56.5 Å². The SMILES string of the molecule is COCC(C)(C)Nc1cc(OC(C)C)c(F)cc1N. The molecule has 3 N–H and O–H groups in total. The molecule has 0 radical (unpaired) electrons. The molecule has 1 aromatic rings. The number of benzene rings is 1. The Morgan fingerprint density at radius 3 is 2.53 bits per heavy atom. The molecule has 0 saturated heterocycles. The average molecular weight is 270 g/mol. The van der Waals surface area contributed by atoms with Crippen LogP contribution < -0.4 is 15.8 Å². The Morgan fingerprint density at radius 2 is 2.00 bits per heavy atom. The van der Waals surface area contributed by atoms with Crippen LogP contribution in [0.1, 0.15) is 27.7 Å². The average Bonchev–Trinajstić information content (AvgIpc) is 2.23. The van der Waals surface area contributed by atoms with E-state index >= 15 is 0 Å². The molecule has 108 valence electrons. The van der Waals surface area contributed by atoms with E-state index in [1.54, 1.807) is 13.2 Å². The van der Waals surface area contributed by atoms with Crippen molar-refractivity contribution in [2.45, 2.75) is 39.3 Å². The van der Waals surface area contributed by atoms with Crippen LogP contribution in [0.5, 0.6) is 5.75 Å². The van der Waals surface area contributed by atoms with Crippen molar-refractivity contribution in [2.24, 2.45) is 0 Å². The zero-order chi connectivity index (χ0) is 14.6. The van der Waals surface area contributed by atoms with Crippen LogP contribution in [-0.2, 0) is 4.74 Å². The maximum atomic E-state index is 13.7. The molecule has 0 spiro atoms. The highest BCUT2D eigenvalue weighted by atomic mass is 19.1. The molecule has 0 bridgehead atoms. The van der Waals surface area contributed by atoms with Gasteiger partial charge in [-0.15, -0.1) is 0 Å². The first-order valence-electron chi connectivity index (χ1n) is 6.28. The van der Waals surface area contributed by atoms with Crippen LogP contribution in [0.4, 0.5) is 15.8 Å². The van der Waals surface area contributed by atoms with E-state index in [4.69, 9.17) is 15.2 Å². The van der Waals surface area contributed by atoms with Gasteiger partial charge in [0.25, 0.3) is 0 Å². The molecule has 0 saturated carbocycles. The van der Waals surface area contributed by atoms with Crippen molar-refractivity contribution in [3.8, 4) is 5.75 Å². The second kappa shape index (κ2) is 6.10. The van der Waals surface area contributed by atoms with E-state index in [9.17, 15) is 4.39 Å². The normalized spacial score (nSPS) is 11.7. The molecular weight excluding hydrogens is 247 g/mol. The third kappa shape index (κ3) is 4.59. The Balaban J connectivity index is 3.00. The van der Waals surface area contributed by atoms with E-state index in [2.05, 4.69) is 5.32 Å². The van der Waals surface area contributed by atoms with Crippen molar-refractivity contribution in [1.82, 2.24) is 0 Å². The number of rotatable bonds is 6. The third-order valence-electron chi connectivity index (χ3n) is 2.44. The summed E-state index contributed by atoms with van der Waals surface area (Å²) in [6.07, 6.45) is -0.0991. The number of ether oxygens (including phenoxy) is 2. The highest BCUT2D eigenvalue weighted by Crippen LogP contribution is 2.30. The lowest BCUT2D eigenvalue weighted by atomic mass is 10.1. The molecule has 0 aliphatic rings. The van der Waals surface area contributed by atoms with Crippen LogP contribution >= 0.6 is 0 Å². The molecule has 1 rings (SSSR count). The van der Waals surface area contributed by atoms with Crippen LogP contribution in [0, 0.1) is 5.82 Å². The molecule has 0 heterocycles. The summed E-state index contributed by atoms with van der Waals surface area (Å²) >= 11 is 0. The first-order chi connectivity index (χ1) is 8.75. The number of nitrogens with one attached hydrogen (secondary N) is 1. The van der Waals surface area contributed by atoms with Gasteiger partial charge >= 0.3 is 0 Å². The molecule has 4 nitrogen and oxygen atoms in total. The van der Waals surface area contributed by atoms with E-state index in [-0.39, 0.29) is 17.4 Å². The van der Waals surface area contributed by atoms with Gasteiger partial charge in [0, 0.05) is 19.2 Å². The summed E-state index contributed by atoms with van der Waals surface area (Å²) in [6, 6.07) is 2.85. The predicted molar refractivity (Wildman–Crippen MR) is 76.2 cm³/mol. The monoisotopic (exact) mass is 270 g/mol. The number of hydrogen-bond acceptors (Lipinski definition) is 4. The smallest absolute Gasteiger partial charge is 0.167 e. The lowest BCUT2D eigenvalue weighted by molar-refractivity contribution is 0.158. The van der Waals surface area contributed by atoms with Crippen LogP contribution in [0.2, 0.25) is 0 Å². The van der Waals surface area contributed by atoms with Crippen LogP contribution in [0.25, 0.3) is 0 Å². The standard InChI is InChI=1S/C14H23FN2O2/c1-9(2)19-13-7-12(11(16)6-10(13)15)17-14(3,4)8-18-5/h6-7,9,17H,8,16H2,1-5H3. The Kier molecular flexibility index (Phi) is 5.00. The first kappa shape index (κ1) is 15.6. The van der Waals surface area contributed by atoms with Crippen molar-refractivity contribution in [3.63, 3.8) is 0 Å². The highest BCUT2D eigenvalue weighted by molar-refractivity contribution is 5.69. The Hall–Kier alpha value is -1.49. The molecule has 0 aliphatic heterocycles. The fourth-order valence-electron chi connectivity index (χ4n) is 1.78. The molecule has 0 atom stereocenters. The fraction of sp³-hybridized carbons (Fsp3) is 0.571. The number of halogens is 1. The number of nitrogens with two attached hydrogens (primary N) is 1. The van der Waals surface area contributed by atoms with Crippen molar-refractivity contribution >= 4 is 11.4 Å². The molecule has 5 heteroatoms. The molecule has 0 aliphatic carbocycles. The zero-order valence-corrected chi connectivity index (χ0v) is 12.2. The summed E-state index contributed by atoms with van der Waals surface area (Å²) in [6.45, 7) is 8.14. The van der Waals surface area contributed by atoms with Gasteiger partial charge in [-0.2, -0.15) is 0 Å². The van der Waals surface area contributed by atoms with Crippen LogP contribution in [-0.4, -0.2) is 25.4 Å². The summed E-state index contributed by atoms with van der Waals surface area (Å²) in [5.74, 6) is -0.263. The molecule has 0 amide bonds. The maximum absolute atomic E-state index is 13.7. The van der Waals surface area contributed by atoms with Gasteiger partial charge in [-0.25, -0.2) is 4.39 Å². The zero-order valence-electron chi connectivity index (χ0n) is 12.2. The molecular formula is C14H23FN2O2. The molecule has 19 heavy (non-hydrogen) atoms. The molecule has 0 fully saturated rings. The van der Waals surface area contributed by atoms with Gasteiger partial charge < -0.3 is 20.5 Å². The van der Waals surface area contributed by atoms with Gasteiger partial charge in [-0.05, 0) is 27.7 Å². The van der Waals surface area contributed by atoms with Crippen molar-refractivity contribution in [3.05, 3.63) is 17.9 Å². The Morgan fingerprint density at radius 1 is 1.37 bits per heavy atom. The molecule has 1 aromatic carbocycles. The number of nitrogen functional groups attached to an aromatic ring is 1. The van der Waals surface area contributed by atoms with Gasteiger partial charge in [-0.3, -0.25) is 0 Å². The number of methoxy groups -OCH3 is 1. The van der Waals surface area contributed by atoms with Crippen molar-refractivity contribution < 1.29 is 13.9 Å². The minimum absolute atomic E-state index is 0.0991. The third-order valence-corrected chi connectivity index (χ3v) is 2.44. The second-order valence-electron chi connectivity index (χ2n) is 5.48. The minimum Gasteiger partial charge on any atom is -0.488 e. The van der Waals surface area contributed by atoms with E-state index in [0.717, 1.165) is 0 Å². The maximum Gasteiger partial charge on any atom is 0.167 e. The minimum atomic E-state index is -0.457. The number of hydrogen-bond donors (Lipinski definition) is 2. The van der Waals surface area contributed by atoms with Gasteiger partial charge in [-0.1, -0.05) is 0 Å². The summed E-state index contributed by atoms with van der Waals surface area (Å²) < 4.78 is 24.3. The van der Waals surface area contributed by atoms with E-state index < -0.39 is 5.82 Å². The predicted octanol–water partition coefficient (Wildman–Crippen LogP) is 3.03. The number of anilines is 2. The lowest BCUT2D eigenvalue weighted by Gasteiger charge is -2.27. The fourth-order valence-corrected chi connectivity index (χ4v) is 1.78. The van der Waals surface area contributed by atoms with Gasteiger partial charge in [0.15, 0.2) is 11.6 Å². The van der Waals surface area contributed by atoms with Gasteiger partial charge in [0.2, 0.25) is 0 Å². The summed E-state index contributed by atoms with van der Waals surface area (Å²) in [4.78, 5) is 0. The molecule has 0 aromatic heterocycles. The van der Waals surface area contributed by atoms with Crippen LogP contribution in [0.15, 0.2) is 12.1 Å². The largest absolute Gasteiger partial charge is 0.488 e. The first-order valence-corrected chi connectivity index (χ1v) is 6.28. The van der Waals surface area contributed by atoms with E-state index in [1.165, 1.54) is 6.07 Å². The lowest BCUT2D eigenvalue weighted by Crippen LogP contribution is -2.36. The highest BCUT2D eigenvalue weighted by Gasteiger charge is 2.20. The van der Waals surface area contributed by atoms with Crippen molar-refractivity contribution in [1.29, 1.82) is 0 Å².